The highest BCUT2D eigenvalue weighted by Gasteiger charge is 2.24. The van der Waals surface area contributed by atoms with Crippen LogP contribution in [0.25, 0.3) is 0 Å². The third-order valence-electron chi connectivity index (χ3n) is 1.95. The molecule has 0 amide bonds. The Bertz CT molecular complexity index is 108. The van der Waals surface area contributed by atoms with Crippen molar-refractivity contribution in [3.05, 3.63) is 0 Å². The molecule has 4 heteroatoms. The molecule has 0 radical (unpaired) electrons. The molecule has 1 saturated heterocycles. The predicted molar refractivity (Wildman–Crippen MR) is 37.0 cm³/mol. The topological polar surface area (TPSA) is 69.7 Å². The second-order valence-electron chi connectivity index (χ2n) is 2.75. The van der Waals surface area contributed by atoms with E-state index in [9.17, 15) is 0 Å². The fourth-order valence-electron chi connectivity index (χ4n) is 1.25. The van der Waals surface area contributed by atoms with Crippen LogP contribution in [0.1, 0.15) is 6.42 Å². The Morgan fingerprint density at radius 3 is 2.70 bits per heavy atom. The summed E-state index contributed by atoms with van der Waals surface area (Å²) < 4.78 is 0. The summed E-state index contributed by atoms with van der Waals surface area (Å²) >= 11 is 0. The third-order valence-corrected chi connectivity index (χ3v) is 1.95. The first-order valence-electron chi connectivity index (χ1n) is 3.52. The van der Waals surface area contributed by atoms with Gasteiger partial charge in [-0.25, -0.2) is 0 Å². The van der Waals surface area contributed by atoms with E-state index in [4.69, 9.17) is 15.9 Å². The normalized spacial score (nSPS) is 30.9. The fraction of sp³-hybridized carbons (Fsp3) is 1.00. The van der Waals surface area contributed by atoms with Gasteiger partial charge in [-0.2, -0.15) is 0 Å². The van der Waals surface area contributed by atoms with Crippen LogP contribution in [0.2, 0.25) is 0 Å². The minimum Gasteiger partial charge on any atom is -0.396 e. The van der Waals surface area contributed by atoms with Gasteiger partial charge in [0.15, 0.2) is 6.35 Å². The lowest BCUT2D eigenvalue weighted by Crippen LogP contribution is -2.40. The van der Waals surface area contributed by atoms with Crippen molar-refractivity contribution in [3.8, 4) is 0 Å². The van der Waals surface area contributed by atoms with Crippen LogP contribution in [-0.4, -0.2) is 41.2 Å². The monoisotopic (exact) mass is 146 g/mol. The van der Waals surface area contributed by atoms with Crippen molar-refractivity contribution in [1.29, 1.82) is 0 Å². The molecule has 2 unspecified atom stereocenters. The highest BCUT2D eigenvalue weighted by Crippen LogP contribution is 2.15. The third kappa shape index (κ3) is 1.67. The summed E-state index contributed by atoms with van der Waals surface area (Å²) in [5.41, 5.74) is 5.21. The first kappa shape index (κ1) is 7.94. The molecule has 10 heavy (non-hydrogen) atoms. The van der Waals surface area contributed by atoms with Crippen LogP contribution in [0.15, 0.2) is 0 Å². The van der Waals surface area contributed by atoms with E-state index in [0.717, 1.165) is 13.0 Å². The van der Waals surface area contributed by atoms with E-state index < -0.39 is 6.35 Å². The van der Waals surface area contributed by atoms with Gasteiger partial charge in [-0.05, 0) is 12.3 Å². The van der Waals surface area contributed by atoms with Crippen molar-refractivity contribution in [1.82, 2.24) is 4.90 Å². The quantitative estimate of drug-likeness (QED) is 0.416. The highest BCUT2D eigenvalue weighted by molar-refractivity contribution is 4.74. The van der Waals surface area contributed by atoms with Crippen molar-refractivity contribution in [2.24, 2.45) is 11.7 Å². The summed E-state index contributed by atoms with van der Waals surface area (Å²) in [6, 6.07) is 0. The van der Waals surface area contributed by atoms with Crippen LogP contribution >= 0.6 is 0 Å². The molecule has 1 heterocycles. The SMILES string of the molecule is NC(O)N1CCC(CO)C1. The van der Waals surface area contributed by atoms with Crippen molar-refractivity contribution < 1.29 is 10.2 Å². The van der Waals surface area contributed by atoms with Crippen LogP contribution in [0.5, 0.6) is 0 Å². The highest BCUT2D eigenvalue weighted by atomic mass is 16.3. The lowest BCUT2D eigenvalue weighted by Gasteiger charge is -2.17. The Morgan fingerprint density at radius 2 is 2.40 bits per heavy atom. The Morgan fingerprint density at radius 1 is 1.70 bits per heavy atom. The number of nitrogens with zero attached hydrogens (tertiary/aromatic N) is 1. The molecule has 0 saturated carbocycles. The maximum absolute atomic E-state index is 8.89. The fourth-order valence-corrected chi connectivity index (χ4v) is 1.25. The minimum absolute atomic E-state index is 0.198. The molecule has 0 aliphatic carbocycles. The molecule has 0 bridgehead atoms. The molecule has 60 valence electrons. The average Bonchev–Trinajstić information content (AvgIpc) is 2.34. The van der Waals surface area contributed by atoms with E-state index in [1.807, 2.05) is 0 Å². The zero-order valence-corrected chi connectivity index (χ0v) is 5.90. The van der Waals surface area contributed by atoms with Crippen molar-refractivity contribution in [2.75, 3.05) is 19.7 Å². The van der Waals surface area contributed by atoms with Gasteiger partial charge in [-0.1, -0.05) is 0 Å². The van der Waals surface area contributed by atoms with E-state index in [2.05, 4.69) is 0 Å². The maximum atomic E-state index is 8.89. The molecule has 0 aromatic heterocycles. The molecule has 1 fully saturated rings. The van der Waals surface area contributed by atoms with Gasteiger partial charge in [0.05, 0.1) is 0 Å². The van der Waals surface area contributed by atoms with Gasteiger partial charge in [0, 0.05) is 19.7 Å². The van der Waals surface area contributed by atoms with E-state index >= 15 is 0 Å². The molecule has 2 atom stereocenters. The van der Waals surface area contributed by atoms with Gasteiger partial charge in [-0.3, -0.25) is 10.6 Å². The van der Waals surface area contributed by atoms with Crippen molar-refractivity contribution in [2.45, 2.75) is 12.8 Å². The minimum atomic E-state index is -0.850. The van der Waals surface area contributed by atoms with Crippen LogP contribution in [0, 0.1) is 5.92 Å². The van der Waals surface area contributed by atoms with Gasteiger partial charge in [0.2, 0.25) is 0 Å². The summed E-state index contributed by atoms with van der Waals surface area (Å²) in [4.78, 5) is 1.75. The summed E-state index contributed by atoms with van der Waals surface area (Å²) in [5.74, 6) is 0.304. The number of aliphatic hydroxyl groups is 2. The van der Waals surface area contributed by atoms with Crippen LogP contribution in [0.4, 0.5) is 0 Å². The lowest BCUT2D eigenvalue weighted by molar-refractivity contribution is 0.0219. The standard InChI is InChI=1S/C6H14N2O2/c7-6(10)8-2-1-5(3-8)4-9/h5-6,9-10H,1-4,7H2. The Kier molecular flexibility index (Phi) is 2.62. The van der Waals surface area contributed by atoms with Crippen LogP contribution < -0.4 is 5.73 Å². The number of nitrogens with two attached hydrogens (primary N) is 1. The number of rotatable bonds is 2. The average molecular weight is 146 g/mol. The number of aliphatic hydroxyl groups excluding tert-OH is 2. The van der Waals surface area contributed by atoms with Gasteiger partial charge in [0.1, 0.15) is 0 Å². The second-order valence-corrected chi connectivity index (χ2v) is 2.75. The van der Waals surface area contributed by atoms with Gasteiger partial charge in [-0.15, -0.1) is 0 Å². The molecule has 4 N–H and O–H groups in total. The van der Waals surface area contributed by atoms with Crippen LogP contribution in [0.3, 0.4) is 0 Å². The lowest BCUT2D eigenvalue weighted by atomic mass is 10.1. The first-order chi connectivity index (χ1) is 4.74. The van der Waals surface area contributed by atoms with Gasteiger partial charge < -0.3 is 10.2 Å². The molecule has 0 aromatic rings. The molecule has 0 spiro atoms. The largest absolute Gasteiger partial charge is 0.396 e. The van der Waals surface area contributed by atoms with E-state index in [-0.39, 0.29) is 6.61 Å². The molecular formula is C6H14N2O2. The molecular weight excluding hydrogens is 132 g/mol. The number of hydrogen-bond donors (Lipinski definition) is 3. The smallest absolute Gasteiger partial charge is 0.160 e. The van der Waals surface area contributed by atoms with E-state index in [1.54, 1.807) is 4.90 Å². The number of hydrogen-bond acceptors (Lipinski definition) is 4. The van der Waals surface area contributed by atoms with Crippen molar-refractivity contribution >= 4 is 0 Å². The van der Waals surface area contributed by atoms with E-state index in [0.29, 0.717) is 12.5 Å². The van der Waals surface area contributed by atoms with Gasteiger partial charge in [0.25, 0.3) is 0 Å². The Labute approximate surface area is 60.2 Å². The summed E-state index contributed by atoms with van der Waals surface area (Å²) in [5, 5.41) is 17.6. The van der Waals surface area contributed by atoms with E-state index in [1.165, 1.54) is 0 Å². The Balaban J connectivity index is 2.28. The zero-order chi connectivity index (χ0) is 7.56. The van der Waals surface area contributed by atoms with Crippen LogP contribution in [-0.2, 0) is 0 Å². The van der Waals surface area contributed by atoms with Crippen molar-refractivity contribution in [3.63, 3.8) is 0 Å². The molecule has 1 rings (SSSR count). The van der Waals surface area contributed by atoms with Gasteiger partial charge >= 0.3 is 0 Å². The summed E-state index contributed by atoms with van der Waals surface area (Å²) in [6.45, 7) is 1.71. The summed E-state index contributed by atoms with van der Waals surface area (Å²) in [6.07, 6.45) is 0.0849. The summed E-state index contributed by atoms with van der Waals surface area (Å²) in [7, 11) is 0. The maximum Gasteiger partial charge on any atom is 0.160 e. The molecule has 0 aromatic carbocycles. The second kappa shape index (κ2) is 3.30. The zero-order valence-electron chi connectivity index (χ0n) is 5.90. The molecule has 1 aliphatic rings. The first-order valence-corrected chi connectivity index (χ1v) is 3.52. The predicted octanol–water partition coefficient (Wildman–Crippen LogP) is -1.46. The Hall–Kier alpha value is -0.160. The molecule has 1 aliphatic heterocycles. The number of likely N-dealkylation sites (tertiary alicyclic amines) is 1. The molecule has 4 nitrogen and oxygen atoms in total.